The van der Waals surface area contributed by atoms with Crippen LogP contribution in [0.5, 0.6) is 0 Å². The fraction of sp³-hybridized carbons (Fsp3) is 0.211. The lowest BCUT2D eigenvalue weighted by Crippen LogP contribution is -2.26. The molecule has 2 rings (SSSR count). The van der Waals surface area contributed by atoms with Gasteiger partial charge < -0.3 is 10.6 Å². The van der Waals surface area contributed by atoms with Gasteiger partial charge in [-0.3, -0.25) is 9.59 Å². The minimum absolute atomic E-state index is 0.175. The minimum atomic E-state index is -4.45. The summed E-state index contributed by atoms with van der Waals surface area (Å²) in [5.41, 5.74) is 3.49. The van der Waals surface area contributed by atoms with E-state index in [1.807, 2.05) is 0 Å². The summed E-state index contributed by atoms with van der Waals surface area (Å²) < 4.78 is 38.1. The Morgan fingerprint density at radius 2 is 1.68 bits per heavy atom. The number of anilines is 2. The van der Waals surface area contributed by atoms with Crippen molar-refractivity contribution in [3.8, 4) is 0 Å². The highest BCUT2D eigenvalue weighted by Crippen LogP contribution is 2.30. The first-order valence-corrected chi connectivity index (χ1v) is 8.27. The normalized spacial score (nSPS) is 11.7. The molecule has 0 radical (unpaired) electrons. The minimum Gasteiger partial charge on any atom is -0.376 e. The summed E-state index contributed by atoms with van der Waals surface area (Å²) in [7, 11) is 0. The molecule has 2 aromatic rings. The second-order valence-electron chi connectivity index (χ2n) is 5.93. The molecule has 0 heterocycles. The van der Waals surface area contributed by atoms with E-state index in [1.165, 1.54) is 19.1 Å². The number of hydrogen-bond donors (Lipinski definition) is 3. The predicted molar refractivity (Wildman–Crippen MR) is 101 cm³/mol. The first kappa shape index (κ1) is 20.9. The van der Waals surface area contributed by atoms with Crippen LogP contribution in [-0.4, -0.2) is 24.1 Å². The average Bonchev–Trinajstić information content (AvgIpc) is 2.63. The van der Waals surface area contributed by atoms with Crippen LogP contribution in [0.4, 0.5) is 24.5 Å². The molecule has 0 saturated heterocycles. The van der Waals surface area contributed by atoms with Gasteiger partial charge in [-0.05, 0) is 42.8 Å². The first-order valence-electron chi connectivity index (χ1n) is 8.27. The van der Waals surface area contributed by atoms with Crippen molar-refractivity contribution in [2.75, 3.05) is 17.2 Å². The third-order valence-corrected chi connectivity index (χ3v) is 3.59. The van der Waals surface area contributed by atoms with Gasteiger partial charge in [-0.1, -0.05) is 18.2 Å². The van der Waals surface area contributed by atoms with Crippen LogP contribution in [0.15, 0.2) is 53.6 Å². The highest BCUT2D eigenvalue weighted by atomic mass is 19.4. The summed E-state index contributed by atoms with van der Waals surface area (Å²) in [6.45, 7) is 2.82. The molecule has 0 aliphatic rings. The van der Waals surface area contributed by atoms with Gasteiger partial charge in [0.25, 0.3) is 5.91 Å². The molecule has 0 bridgehead atoms. The van der Waals surface area contributed by atoms with E-state index in [1.54, 1.807) is 31.2 Å². The Morgan fingerprint density at radius 1 is 1.00 bits per heavy atom. The van der Waals surface area contributed by atoms with E-state index >= 15 is 0 Å². The average molecular weight is 392 g/mol. The Kier molecular flexibility index (Phi) is 6.75. The van der Waals surface area contributed by atoms with Crippen LogP contribution in [0.2, 0.25) is 0 Å². The number of rotatable bonds is 6. The third-order valence-electron chi connectivity index (χ3n) is 3.59. The van der Waals surface area contributed by atoms with Crippen molar-refractivity contribution in [2.45, 2.75) is 20.0 Å². The number of amides is 2. The quantitative estimate of drug-likeness (QED) is 0.519. The topological polar surface area (TPSA) is 82.6 Å². The number of benzene rings is 2. The van der Waals surface area contributed by atoms with Crippen LogP contribution in [0, 0.1) is 0 Å². The molecule has 0 spiro atoms. The van der Waals surface area contributed by atoms with E-state index < -0.39 is 17.6 Å². The molecule has 0 aliphatic heterocycles. The number of hydrogen-bond acceptors (Lipinski definition) is 4. The molecule has 0 unspecified atom stereocenters. The van der Waals surface area contributed by atoms with Crippen molar-refractivity contribution in [2.24, 2.45) is 5.10 Å². The van der Waals surface area contributed by atoms with Crippen LogP contribution in [0.3, 0.4) is 0 Å². The first-order chi connectivity index (χ1) is 13.1. The molecular formula is C19H19F3N4O2. The smallest absolute Gasteiger partial charge is 0.376 e. The van der Waals surface area contributed by atoms with Gasteiger partial charge in [0.15, 0.2) is 0 Å². The van der Waals surface area contributed by atoms with Gasteiger partial charge in [-0.25, -0.2) is 5.43 Å². The van der Waals surface area contributed by atoms with Crippen molar-refractivity contribution < 1.29 is 22.8 Å². The molecule has 0 atom stereocenters. The fourth-order valence-corrected chi connectivity index (χ4v) is 2.26. The summed E-state index contributed by atoms with van der Waals surface area (Å²) in [4.78, 5) is 23.0. The third kappa shape index (κ3) is 6.42. The van der Waals surface area contributed by atoms with E-state index in [0.717, 1.165) is 12.1 Å². The molecule has 0 aliphatic carbocycles. The largest absolute Gasteiger partial charge is 0.416 e. The van der Waals surface area contributed by atoms with Gasteiger partial charge >= 0.3 is 6.18 Å². The number of carbonyl (C=O) groups is 2. The van der Waals surface area contributed by atoms with E-state index in [9.17, 15) is 22.8 Å². The fourth-order valence-electron chi connectivity index (χ4n) is 2.26. The Bertz CT molecular complexity index is 895. The highest BCUT2D eigenvalue weighted by Gasteiger charge is 2.30. The lowest BCUT2D eigenvalue weighted by Gasteiger charge is -2.10. The number of nitrogens with one attached hydrogen (secondary N) is 3. The maximum Gasteiger partial charge on any atom is 0.416 e. The number of alkyl halides is 3. The zero-order chi connectivity index (χ0) is 20.7. The molecule has 0 saturated carbocycles. The van der Waals surface area contributed by atoms with Crippen molar-refractivity contribution in [1.29, 1.82) is 0 Å². The lowest BCUT2D eigenvalue weighted by atomic mass is 10.1. The Hall–Kier alpha value is -3.36. The zero-order valence-electron chi connectivity index (χ0n) is 15.2. The van der Waals surface area contributed by atoms with Crippen molar-refractivity contribution in [3.63, 3.8) is 0 Å². The Balaban J connectivity index is 1.94. The number of carbonyl (C=O) groups excluding carboxylic acids is 2. The second-order valence-corrected chi connectivity index (χ2v) is 5.93. The van der Waals surface area contributed by atoms with Crippen molar-refractivity contribution >= 4 is 28.9 Å². The molecule has 2 aromatic carbocycles. The molecule has 28 heavy (non-hydrogen) atoms. The summed E-state index contributed by atoms with van der Waals surface area (Å²) in [5, 5.41) is 9.24. The maximum atomic E-state index is 12.7. The zero-order valence-corrected chi connectivity index (χ0v) is 15.2. The van der Waals surface area contributed by atoms with Crippen LogP contribution in [0.1, 0.15) is 25.0 Å². The van der Waals surface area contributed by atoms with Crippen LogP contribution >= 0.6 is 0 Å². The molecule has 0 aromatic heterocycles. The molecule has 3 N–H and O–H groups in total. The van der Waals surface area contributed by atoms with E-state index in [-0.39, 0.29) is 18.1 Å². The summed E-state index contributed by atoms with van der Waals surface area (Å²) in [5.74, 6) is -0.726. The molecule has 9 heteroatoms. The molecule has 0 fully saturated rings. The predicted octanol–water partition coefficient (Wildman–Crippen LogP) is 3.62. The molecular weight excluding hydrogens is 373 g/mol. The maximum absolute atomic E-state index is 12.7. The number of hydrazone groups is 1. The van der Waals surface area contributed by atoms with Gasteiger partial charge in [-0.2, -0.15) is 18.3 Å². The lowest BCUT2D eigenvalue weighted by molar-refractivity contribution is -0.137. The summed E-state index contributed by atoms with van der Waals surface area (Å²) >= 11 is 0. The van der Waals surface area contributed by atoms with Crippen LogP contribution in [-0.2, 0) is 15.8 Å². The van der Waals surface area contributed by atoms with Gasteiger partial charge in [-0.15, -0.1) is 0 Å². The summed E-state index contributed by atoms with van der Waals surface area (Å²) in [6.07, 6.45) is -4.45. The second kappa shape index (κ2) is 9.03. The molecule has 6 nitrogen and oxygen atoms in total. The number of nitrogens with zero attached hydrogens (tertiary/aromatic N) is 1. The number of halogens is 3. The standard InChI is InChI=1S/C19H19F3N4O2/c1-12(14-5-3-8-17(9-14)24-13(2)27)25-26-18(28)11-23-16-7-4-6-15(10-16)19(20,21)22/h3-10,23H,11H2,1-2H3,(H,24,27)(H,26,28)/b25-12-. The Morgan fingerprint density at radius 3 is 2.36 bits per heavy atom. The van der Waals surface area contributed by atoms with Gasteiger partial charge in [0.1, 0.15) is 0 Å². The van der Waals surface area contributed by atoms with Crippen LogP contribution in [0.25, 0.3) is 0 Å². The van der Waals surface area contributed by atoms with Crippen molar-refractivity contribution in [1.82, 2.24) is 5.43 Å². The monoisotopic (exact) mass is 392 g/mol. The van der Waals surface area contributed by atoms with E-state index in [2.05, 4.69) is 21.2 Å². The van der Waals surface area contributed by atoms with Crippen LogP contribution < -0.4 is 16.1 Å². The van der Waals surface area contributed by atoms with E-state index in [4.69, 9.17) is 0 Å². The highest BCUT2D eigenvalue weighted by molar-refractivity contribution is 6.01. The van der Waals surface area contributed by atoms with E-state index in [0.29, 0.717) is 17.0 Å². The SMILES string of the molecule is CC(=O)Nc1cccc(/C(C)=N\NC(=O)CNc2cccc(C(F)(F)F)c2)c1. The van der Waals surface area contributed by atoms with Gasteiger partial charge in [0.05, 0.1) is 17.8 Å². The van der Waals surface area contributed by atoms with Gasteiger partial charge in [0, 0.05) is 18.3 Å². The van der Waals surface area contributed by atoms with Gasteiger partial charge in [0.2, 0.25) is 5.91 Å². The van der Waals surface area contributed by atoms with Crippen molar-refractivity contribution in [3.05, 3.63) is 59.7 Å². The molecule has 2 amide bonds. The Labute approximate surface area is 159 Å². The summed E-state index contributed by atoms with van der Waals surface area (Å²) in [6, 6.07) is 11.5. The molecule has 148 valence electrons.